The van der Waals surface area contributed by atoms with E-state index in [2.05, 4.69) is 20.0 Å². The van der Waals surface area contributed by atoms with Crippen LogP contribution in [0.1, 0.15) is 43.0 Å². The van der Waals surface area contributed by atoms with Crippen LogP contribution in [0, 0.1) is 0 Å². The summed E-state index contributed by atoms with van der Waals surface area (Å²) in [5, 5.41) is 80.0. The Bertz CT molecular complexity index is 1770. The van der Waals surface area contributed by atoms with Crippen LogP contribution in [0.2, 0.25) is 0 Å². The van der Waals surface area contributed by atoms with Crippen molar-refractivity contribution in [2.45, 2.75) is 0 Å². The molecule has 0 heterocycles. The molecule has 2 N–H and O–H groups in total. The zero-order chi connectivity index (χ0) is 41.6. The summed E-state index contributed by atoms with van der Waals surface area (Å²) in [6.07, 6.45) is 6.22. The molecular formula is C42H40Mn2N4O10. The summed E-state index contributed by atoms with van der Waals surface area (Å²) in [4.78, 5) is 37.0. The molecule has 5 aromatic carbocycles. The first-order valence-corrected chi connectivity index (χ1v) is 16.6. The monoisotopic (exact) mass is 870 g/mol. The van der Waals surface area contributed by atoms with Gasteiger partial charge in [-0.2, -0.15) is 0 Å². The number of aliphatic hydroxyl groups is 2. The molecule has 58 heavy (non-hydrogen) atoms. The van der Waals surface area contributed by atoms with Gasteiger partial charge in [-0.1, -0.05) is 121 Å². The van der Waals surface area contributed by atoms with Gasteiger partial charge in [0.15, 0.2) is 0 Å². The Morgan fingerprint density at radius 2 is 0.603 bits per heavy atom. The first-order valence-electron chi connectivity index (χ1n) is 16.6. The van der Waals surface area contributed by atoms with Gasteiger partial charge in [0.2, 0.25) is 0 Å². The third-order valence-electron chi connectivity index (χ3n) is 6.67. The second-order valence-electron chi connectivity index (χ2n) is 10.4. The average molecular weight is 871 g/mol. The van der Waals surface area contributed by atoms with Crippen LogP contribution in [0.15, 0.2) is 141 Å². The quantitative estimate of drug-likeness (QED) is 0.0989. The molecule has 5 rings (SSSR count). The summed E-state index contributed by atoms with van der Waals surface area (Å²) in [6.45, 7) is 1.91. The molecule has 0 amide bonds. The molecule has 16 heteroatoms. The number of hydrogen-bond donors (Lipinski definition) is 2. The minimum absolute atomic E-state index is 0. The summed E-state index contributed by atoms with van der Waals surface area (Å²) in [6, 6.07) is 31.5. The molecule has 5 aromatic rings. The van der Waals surface area contributed by atoms with E-state index in [-0.39, 0.29) is 68.3 Å². The summed E-state index contributed by atoms with van der Waals surface area (Å²) >= 11 is 0. The largest absolute Gasteiger partial charge is 3.00 e. The van der Waals surface area contributed by atoms with Gasteiger partial charge in [-0.3, -0.25) is 20.0 Å². The third kappa shape index (κ3) is 21.8. The van der Waals surface area contributed by atoms with Crippen molar-refractivity contribution < 1.29 is 84.6 Å². The van der Waals surface area contributed by atoms with E-state index in [0.717, 1.165) is 38.5 Å². The summed E-state index contributed by atoms with van der Waals surface area (Å²) in [7, 11) is 2.00. The minimum Gasteiger partial charge on any atom is -0.872 e. The number of aliphatic hydroxyl groups excluding tert-OH is 2. The first kappa shape index (κ1) is 54.0. The van der Waals surface area contributed by atoms with E-state index in [9.17, 15) is 40.2 Å². The van der Waals surface area contributed by atoms with Gasteiger partial charge in [0.25, 0.3) is 0 Å². The van der Waals surface area contributed by atoms with Crippen molar-refractivity contribution in [2.75, 3.05) is 40.4 Å². The van der Waals surface area contributed by atoms with Crippen LogP contribution in [-0.2, 0) is 34.1 Å². The van der Waals surface area contributed by atoms with Crippen molar-refractivity contribution in [1.29, 1.82) is 0 Å². The second kappa shape index (κ2) is 33.1. The maximum Gasteiger partial charge on any atom is 3.00 e. The van der Waals surface area contributed by atoms with Crippen molar-refractivity contribution in [3.8, 4) is 23.0 Å². The molecule has 0 aromatic heterocycles. The van der Waals surface area contributed by atoms with Crippen LogP contribution in [0.25, 0.3) is 0 Å². The zero-order valence-corrected chi connectivity index (χ0v) is 33.8. The predicted molar refractivity (Wildman–Crippen MR) is 205 cm³/mol. The molecule has 0 aliphatic heterocycles. The van der Waals surface area contributed by atoms with Gasteiger partial charge in [0, 0.05) is 39.1 Å². The number of rotatable bonds is 12. The van der Waals surface area contributed by atoms with E-state index >= 15 is 0 Å². The molecular weight excluding hydrogens is 830 g/mol. The average Bonchev–Trinajstić information content (AvgIpc) is 3.22. The van der Waals surface area contributed by atoms with Gasteiger partial charge in [-0.25, -0.2) is 0 Å². The number of nitrogens with zero attached hydrogens (tertiary/aromatic N) is 4. The van der Waals surface area contributed by atoms with E-state index in [0.29, 0.717) is 48.4 Å². The summed E-state index contributed by atoms with van der Waals surface area (Å²) in [5.74, 6) is -2.83. The molecule has 0 aliphatic carbocycles. The predicted octanol–water partition coefficient (Wildman–Crippen LogP) is 0.369. The number of carboxylic acid groups (broad SMARTS) is 2. The third-order valence-corrected chi connectivity index (χ3v) is 6.67. The molecule has 0 atom stereocenters. The maximum absolute atomic E-state index is 11.4. The van der Waals surface area contributed by atoms with Crippen LogP contribution >= 0.6 is 0 Å². The van der Waals surface area contributed by atoms with Crippen molar-refractivity contribution >= 4 is 36.8 Å². The Hall–Kier alpha value is -6.12. The van der Waals surface area contributed by atoms with E-state index in [1.165, 1.54) is 24.3 Å². The number of aromatic carboxylic acids is 2. The number of carbonyl (C=O) groups excluding carboxylic acids is 2. The van der Waals surface area contributed by atoms with Crippen LogP contribution < -0.4 is 30.6 Å². The molecule has 0 radical (unpaired) electrons. The standard InChI is InChI=1S/2C16H16N2O2.C8H6O4.2CH4O.2Mn/c2*19-15-7-3-1-5-13(15)11-17-9-10-18-12-14-6-2-4-8-16(14)20;9-7(10)5-1-2-6(4-3-5)8(11)12;2*1-2;;/h2*1-8,11-12,19-20H,9-10H2;1-4H,(H,9,10)(H,11,12);2*2H,1H3;;/q;;;;;2*+3/p-6. The van der Waals surface area contributed by atoms with E-state index in [4.69, 9.17) is 10.2 Å². The Morgan fingerprint density at radius 3 is 0.776 bits per heavy atom. The van der Waals surface area contributed by atoms with Crippen LogP contribution in [0.5, 0.6) is 23.0 Å². The number of hydrogen-bond acceptors (Lipinski definition) is 14. The summed E-state index contributed by atoms with van der Waals surface area (Å²) in [5.41, 5.74) is 2.17. The molecule has 14 nitrogen and oxygen atoms in total. The smallest absolute Gasteiger partial charge is 0.872 e. The van der Waals surface area contributed by atoms with Gasteiger partial charge in [-0.05, 0) is 33.4 Å². The van der Waals surface area contributed by atoms with Gasteiger partial charge in [0.1, 0.15) is 0 Å². The van der Waals surface area contributed by atoms with Gasteiger partial charge in [-0.15, -0.1) is 23.0 Å². The molecule has 0 fully saturated rings. The molecule has 0 spiro atoms. The number of benzene rings is 5. The van der Waals surface area contributed by atoms with E-state index in [1.807, 2.05) is 0 Å². The fourth-order valence-corrected chi connectivity index (χ4v) is 3.97. The van der Waals surface area contributed by atoms with Crippen LogP contribution in [0.4, 0.5) is 0 Å². The van der Waals surface area contributed by atoms with Crippen molar-refractivity contribution in [3.05, 3.63) is 155 Å². The summed E-state index contributed by atoms with van der Waals surface area (Å²) < 4.78 is 0. The van der Waals surface area contributed by atoms with Crippen molar-refractivity contribution in [2.24, 2.45) is 20.0 Å². The number of para-hydroxylation sites is 4. The normalized spacial score (nSPS) is 10.0. The molecule has 0 saturated heterocycles. The molecule has 302 valence electrons. The first-order chi connectivity index (χ1) is 27.2. The Balaban J connectivity index is 0. The van der Waals surface area contributed by atoms with Crippen molar-refractivity contribution in [1.82, 2.24) is 0 Å². The van der Waals surface area contributed by atoms with E-state index < -0.39 is 11.9 Å². The fraction of sp³-hybridized carbons (Fsp3) is 0.143. The molecule has 0 saturated carbocycles. The maximum atomic E-state index is 11.4. The van der Waals surface area contributed by atoms with Gasteiger partial charge < -0.3 is 50.4 Å². The number of aliphatic imine (C=N–C) groups is 4. The van der Waals surface area contributed by atoms with Crippen LogP contribution in [0.3, 0.4) is 0 Å². The van der Waals surface area contributed by atoms with E-state index in [1.54, 1.807) is 97.7 Å². The SMILES string of the molecule is CO.CO.O=C([O-])c1ccc(C(=O)[O-])cc1.[Mn+3].[Mn+3].[O-]c1ccccc1C=NCCN=Cc1ccccc1[O-].[O-]c1ccccc1C=NCCN=Cc1ccccc1[O-]. The van der Waals surface area contributed by atoms with Gasteiger partial charge in [0.05, 0.1) is 38.1 Å². The minimum atomic E-state index is -1.33. The van der Waals surface area contributed by atoms with Gasteiger partial charge >= 0.3 is 34.1 Å². The second-order valence-corrected chi connectivity index (χ2v) is 10.4. The zero-order valence-electron chi connectivity index (χ0n) is 31.4. The Kier molecular flexibility index (Phi) is 30.8. The molecule has 0 bridgehead atoms. The number of carbonyl (C=O) groups is 2. The molecule has 0 aliphatic rings. The topological polar surface area (TPSA) is 262 Å². The van der Waals surface area contributed by atoms with Crippen molar-refractivity contribution in [3.63, 3.8) is 0 Å². The fourth-order valence-electron chi connectivity index (χ4n) is 3.97. The Labute approximate surface area is 358 Å². The Morgan fingerprint density at radius 1 is 0.414 bits per heavy atom. The molecule has 0 unspecified atom stereocenters. The van der Waals surface area contributed by atoms with Crippen LogP contribution in [-0.4, -0.2) is 87.4 Å². The number of carboxylic acids is 2.